The molecule has 3 atom stereocenters. The molecule has 1 heterocycles. The molecule has 2 unspecified atom stereocenters. The van der Waals surface area contributed by atoms with Gasteiger partial charge in [0, 0.05) is 6.42 Å². The lowest BCUT2D eigenvalue weighted by Gasteiger charge is -2.30. The van der Waals surface area contributed by atoms with E-state index < -0.39 is 18.0 Å². The SMILES string of the molecule is COC(=O)CC[C@H](NC(=O)C1NCCCC1C)C(=O)O. The van der Waals surface area contributed by atoms with Crippen molar-refractivity contribution in [1.82, 2.24) is 10.6 Å². The molecule has 1 saturated heterocycles. The molecule has 1 aliphatic heterocycles. The van der Waals surface area contributed by atoms with Gasteiger partial charge in [-0.05, 0) is 31.7 Å². The third-order valence-electron chi connectivity index (χ3n) is 3.53. The number of amides is 1. The summed E-state index contributed by atoms with van der Waals surface area (Å²) in [6.45, 7) is 2.71. The third kappa shape index (κ3) is 4.80. The fourth-order valence-corrected chi connectivity index (χ4v) is 2.28. The van der Waals surface area contributed by atoms with Crippen molar-refractivity contribution in [3.05, 3.63) is 0 Å². The van der Waals surface area contributed by atoms with E-state index in [4.69, 9.17) is 5.11 Å². The van der Waals surface area contributed by atoms with Crippen molar-refractivity contribution in [3.8, 4) is 0 Å². The number of aliphatic carboxylic acids is 1. The summed E-state index contributed by atoms with van der Waals surface area (Å²) in [5.41, 5.74) is 0. The molecule has 7 heteroatoms. The molecule has 0 radical (unpaired) electrons. The maximum Gasteiger partial charge on any atom is 0.326 e. The van der Waals surface area contributed by atoms with Crippen LogP contribution in [-0.4, -0.2) is 48.7 Å². The van der Waals surface area contributed by atoms with Crippen molar-refractivity contribution < 1.29 is 24.2 Å². The van der Waals surface area contributed by atoms with Gasteiger partial charge >= 0.3 is 11.9 Å². The first-order chi connectivity index (χ1) is 9.45. The van der Waals surface area contributed by atoms with Gasteiger partial charge in [0.1, 0.15) is 6.04 Å². The van der Waals surface area contributed by atoms with Gasteiger partial charge in [-0.15, -0.1) is 0 Å². The highest BCUT2D eigenvalue weighted by atomic mass is 16.5. The van der Waals surface area contributed by atoms with Crippen molar-refractivity contribution in [1.29, 1.82) is 0 Å². The lowest BCUT2D eigenvalue weighted by Crippen LogP contribution is -2.54. The quantitative estimate of drug-likeness (QED) is 0.589. The number of esters is 1. The molecule has 0 aromatic rings. The van der Waals surface area contributed by atoms with Crippen molar-refractivity contribution in [3.63, 3.8) is 0 Å². The summed E-state index contributed by atoms with van der Waals surface area (Å²) < 4.78 is 4.46. The number of carbonyl (C=O) groups excluding carboxylic acids is 2. The summed E-state index contributed by atoms with van der Waals surface area (Å²) in [6.07, 6.45) is 1.93. The van der Waals surface area contributed by atoms with E-state index in [1.165, 1.54) is 7.11 Å². The molecule has 1 aliphatic rings. The minimum absolute atomic E-state index is 0.0227. The molecule has 0 aromatic heterocycles. The molecule has 7 nitrogen and oxygen atoms in total. The van der Waals surface area contributed by atoms with Crippen molar-refractivity contribution in [2.24, 2.45) is 5.92 Å². The van der Waals surface area contributed by atoms with Crippen LogP contribution in [0.1, 0.15) is 32.6 Å². The predicted octanol–water partition coefficient (Wildman–Crippen LogP) is -0.103. The molecule has 1 amide bonds. The first kappa shape index (κ1) is 16.4. The van der Waals surface area contributed by atoms with Crippen LogP contribution in [-0.2, 0) is 19.1 Å². The monoisotopic (exact) mass is 286 g/mol. The van der Waals surface area contributed by atoms with Crippen LogP contribution in [0, 0.1) is 5.92 Å². The van der Waals surface area contributed by atoms with Gasteiger partial charge in [-0.3, -0.25) is 9.59 Å². The Morgan fingerprint density at radius 3 is 2.70 bits per heavy atom. The zero-order valence-electron chi connectivity index (χ0n) is 11.8. The minimum Gasteiger partial charge on any atom is -0.480 e. The van der Waals surface area contributed by atoms with Crippen LogP contribution in [0.5, 0.6) is 0 Å². The van der Waals surface area contributed by atoms with E-state index >= 15 is 0 Å². The van der Waals surface area contributed by atoms with Gasteiger partial charge < -0.3 is 20.5 Å². The Morgan fingerprint density at radius 2 is 2.15 bits per heavy atom. The Bertz CT molecular complexity index is 372. The number of hydrogen-bond acceptors (Lipinski definition) is 5. The summed E-state index contributed by atoms with van der Waals surface area (Å²) in [6, 6.07) is -1.44. The highest BCUT2D eigenvalue weighted by molar-refractivity contribution is 5.87. The Morgan fingerprint density at radius 1 is 1.45 bits per heavy atom. The lowest BCUT2D eigenvalue weighted by atomic mass is 9.92. The molecular weight excluding hydrogens is 264 g/mol. The second-order valence-corrected chi connectivity index (χ2v) is 5.07. The number of piperidine rings is 1. The van der Waals surface area contributed by atoms with Crippen molar-refractivity contribution >= 4 is 17.8 Å². The zero-order valence-corrected chi connectivity index (χ0v) is 11.8. The van der Waals surface area contributed by atoms with Gasteiger partial charge in [0.05, 0.1) is 13.2 Å². The Labute approximate surface area is 118 Å². The molecule has 0 saturated carbocycles. The minimum atomic E-state index is -1.15. The standard InChI is InChI=1S/C13H22N2O5/c1-8-4-3-7-14-11(8)12(17)15-9(13(18)19)5-6-10(16)20-2/h8-9,11,14H,3-7H2,1-2H3,(H,15,17)(H,18,19)/t8?,9-,11?/m0/s1. The number of carboxylic acids is 1. The van der Waals surface area contributed by atoms with Crippen LogP contribution in [0.25, 0.3) is 0 Å². The van der Waals surface area contributed by atoms with Crippen molar-refractivity contribution in [2.45, 2.75) is 44.7 Å². The largest absolute Gasteiger partial charge is 0.480 e. The molecular formula is C13H22N2O5. The number of rotatable bonds is 6. The number of carboxylic acid groups (broad SMARTS) is 1. The van der Waals surface area contributed by atoms with Crippen molar-refractivity contribution in [2.75, 3.05) is 13.7 Å². The van der Waals surface area contributed by atoms with Gasteiger partial charge in [0.25, 0.3) is 0 Å². The molecule has 0 bridgehead atoms. The molecule has 0 aliphatic carbocycles. The van der Waals surface area contributed by atoms with E-state index in [2.05, 4.69) is 15.4 Å². The highest BCUT2D eigenvalue weighted by Crippen LogP contribution is 2.16. The lowest BCUT2D eigenvalue weighted by molar-refractivity contribution is -0.144. The van der Waals surface area contributed by atoms with Gasteiger partial charge in [-0.25, -0.2) is 4.79 Å². The van der Waals surface area contributed by atoms with Crippen LogP contribution in [0.4, 0.5) is 0 Å². The second kappa shape index (κ2) is 7.84. The Balaban J connectivity index is 2.53. The van der Waals surface area contributed by atoms with Crippen LogP contribution in [0.15, 0.2) is 0 Å². The number of hydrogen-bond donors (Lipinski definition) is 3. The summed E-state index contributed by atoms with van der Waals surface area (Å²) in [4.78, 5) is 34.2. The molecule has 0 aromatic carbocycles. The third-order valence-corrected chi connectivity index (χ3v) is 3.53. The normalized spacial score (nSPS) is 23.7. The second-order valence-electron chi connectivity index (χ2n) is 5.07. The maximum atomic E-state index is 12.1. The van der Waals surface area contributed by atoms with Crippen LogP contribution in [0.2, 0.25) is 0 Å². The number of methoxy groups -OCH3 is 1. The topological polar surface area (TPSA) is 105 Å². The number of carbonyl (C=O) groups is 3. The average molecular weight is 286 g/mol. The smallest absolute Gasteiger partial charge is 0.326 e. The molecule has 20 heavy (non-hydrogen) atoms. The summed E-state index contributed by atoms with van der Waals surface area (Å²) >= 11 is 0. The van der Waals surface area contributed by atoms with Gasteiger partial charge in [-0.1, -0.05) is 6.92 Å². The van der Waals surface area contributed by atoms with E-state index in [0.29, 0.717) is 0 Å². The molecule has 114 valence electrons. The average Bonchev–Trinajstić information content (AvgIpc) is 2.42. The van der Waals surface area contributed by atoms with Crippen LogP contribution < -0.4 is 10.6 Å². The van der Waals surface area contributed by atoms with Gasteiger partial charge in [0.15, 0.2) is 0 Å². The van der Waals surface area contributed by atoms with Gasteiger partial charge in [0.2, 0.25) is 5.91 Å². The Hall–Kier alpha value is -1.63. The highest BCUT2D eigenvalue weighted by Gasteiger charge is 2.30. The number of ether oxygens (including phenoxy) is 1. The molecule has 1 rings (SSSR count). The number of nitrogens with one attached hydrogen (secondary N) is 2. The molecule has 3 N–H and O–H groups in total. The summed E-state index contributed by atoms with van der Waals surface area (Å²) in [5, 5.41) is 14.7. The first-order valence-electron chi connectivity index (χ1n) is 6.79. The van der Waals surface area contributed by atoms with Crippen LogP contribution in [0.3, 0.4) is 0 Å². The summed E-state index contributed by atoms with van der Waals surface area (Å²) in [5.74, 6) is -1.80. The van der Waals surface area contributed by atoms with E-state index in [-0.39, 0.29) is 30.7 Å². The van der Waals surface area contributed by atoms with Crippen LogP contribution >= 0.6 is 0 Å². The van der Waals surface area contributed by atoms with E-state index in [0.717, 1.165) is 19.4 Å². The fourth-order valence-electron chi connectivity index (χ4n) is 2.28. The van der Waals surface area contributed by atoms with E-state index in [1.54, 1.807) is 0 Å². The molecule has 0 spiro atoms. The summed E-state index contributed by atoms with van der Waals surface area (Å²) in [7, 11) is 1.24. The van der Waals surface area contributed by atoms with E-state index in [9.17, 15) is 14.4 Å². The first-order valence-corrected chi connectivity index (χ1v) is 6.79. The Kier molecular flexibility index (Phi) is 6.44. The maximum absolute atomic E-state index is 12.1. The zero-order chi connectivity index (χ0) is 15.1. The predicted molar refractivity (Wildman–Crippen MR) is 71.0 cm³/mol. The van der Waals surface area contributed by atoms with Gasteiger partial charge in [-0.2, -0.15) is 0 Å². The molecule has 1 fully saturated rings. The fraction of sp³-hybridized carbons (Fsp3) is 0.769. The van der Waals surface area contributed by atoms with E-state index in [1.807, 2.05) is 6.92 Å².